The Balaban J connectivity index is 2.06. The number of nitrogens with zero attached hydrogens (tertiary/aromatic N) is 5. The van der Waals surface area contributed by atoms with E-state index in [1.165, 1.54) is 4.90 Å². The summed E-state index contributed by atoms with van der Waals surface area (Å²) in [6.07, 6.45) is -0.518. The van der Waals surface area contributed by atoms with E-state index < -0.39 is 18.2 Å². The van der Waals surface area contributed by atoms with Gasteiger partial charge >= 0.3 is 6.03 Å². The molecule has 3 amide bonds. The quantitative estimate of drug-likeness (QED) is 0.719. The summed E-state index contributed by atoms with van der Waals surface area (Å²) in [4.78, 5) is 31.5. The fourth-order valence-corrected chi connectivity index (χ4v) is 2.72. The lowest BCUT2D eigenvalue weighted by molar-refractivity contribution is -0.126. The number of aryl methyl sites for hydroxylation is 1. The molecule has 0 radical (unpaired) electrons. The second-order valence-corrected chi connectivity index (χ2v) is 5.51. The Kier molecular flexibility index (Phi) is 2.79. The maximum atomic E-state index is 12.1. The first kappa shape index (κ1) is 13.6. The van der Waals surface area contributed by atoms with E-state index in [4.69, 9.17) is 0 Å². The van der Waals surface area contributed by atoms with Crippen LogP contribution in [0.25, 0.3) is 0 Å². The lowest BCUT2D eigenvalue weighted by atomic mass is 10.1. The topological polar surface area (TPSA) is 82.8 Å². The fraction of sp³-hybridized carbons (Fsp3) is 0.538. The molecule has 0 bridgehead atoms. The summed E-state index contributed by atoms with van der Waals surface area (Å²) in [5.74, 6) is 0.248. The molecule has 1 aromatic heterocycles. The van der Waals surface area contributed by atoms with Crippen molar-refractivity contribution in [2.45, 2.75) is 33.0 Å². The van der Waals surface area contributed by atoms with Gasteiger partial charge in [0.2, 0.25) is 5.96 Å². The Morgan fingerprint density at radius 3 is 2.33 bits per heavy atom. The second kappa shape index (κ2) is 4.31. The van der Waals surface area contributed by atoms with Gasteiger partial charge in [0.15, 0.2) is 12.2 Å². The molecule has 1 saturated heterocycles. The average molecular weight is 290 g/mol. The minimum absolute atomic E-state index is 0.331. The number of rotatable bonds is 0. The number of hydrogen-bond donors (Lipinski definition) is 1. The minimum atomic E-state index is -0.521. The molecule has 2 aliphatic rings. The zero-order chi connectivity index (χ0) is 15.5. The molecule has 112 valence electrons. The van der Waals surface area contributed by atoms with Crippen LogP contribution < -0.4 is 5.32 Å². The molecule has 3 heterocycles. The van der Waals surface area contributed by atoms with E-state index >= 15 is 0 Å². The van der Waals surface area contributed by atoms with Gasteiger partial charge in [-0.1, -0.05) is 0 Å². The summed E-state index contributed by atoms with van der Waals surface area (Å²) in [5.41, 5.74) is 2.99. The number of amides is 3. The molecule has 2 atom stereocenters. The molecule has 21 heavy (non-hydrogen) atoms. The van der Waals surface area contributed by atoms with Crippen LogP contribution in [0.4, 0.5) is 4.79 Å². The van der Waals surface area contributed by atoms with Crippen molar-refractivity contribution in [2.75, 3.05) is 14.1 Å². The predicted molar refractivity (Wildman–Crippen MR) is 75.9 cm³/mol. The SMILES string of the molecule is Cc1nn(C2=NC3C(C(=O)NC(=O)N3C)N2C)c(C)c1C. The van der Waals surface area contributed by atoms with Gasteiger partial charge in [0.25, 0.3) is 5.91 Å². The van der Waals surface area contributed by atoms with Crippen molar-refractivity contribution < 1.29 is 9.59 Å². The molecule has 2 unspecified atom stereocenters. The van der Waals surface area contributed by atoms with Crippen LogP contribution in [0.3, 0.4) is 0 Å². The predicted octanol–water partition coefficient (Wildman–Crippen LogP) is -0.166. The molecular weight excluding hydrogens is 272 g/mol. The minimum Gasteiger partial charge on any atom is -0.328 e. The summed E-state index contributed by atoms with van der Waals surface area (Å²) >= 11 is 0. The molecule has 0 aromatic carbocycles. The third-order valence-electron chi connectivity index (χ3n) is 4.32. The number of nitrogens with one attached hydrogen (secondary N) is 1. The first-order chi connectivity index (χ1) is 9.82. The molecule has 0 aliphatic carbocycles. The average Bonchev–Trinajstić information content (AvgIpc) is 2.89. The number of aliphatic imine (C=N–C) groups is 1. The van der Waals surface area contributed by atoms with Gasteiger partial charge in [-0.15, -0.1) is 0 Å². The Morgan fingerprint density at radius 2 is 1.76 bits per heavy atom. The highest BCUT2D eigenvalue weighted by Crippen LogP contribution is 2.24. The maximum Gasteiger partial charge on any atom is 0.325 e. The number of carbonyl (C=O) groups excluding carboxylic acids is 2. The normalized spacial score (nSPS) is 25.1. The first-order valence-electron chi connectivity index (χ1n) is 6.74. The van der Waals surface area contributed by atoms with Crippen molar-refractivity contribution in [2.24, 2.45) is 4.99 Å². The Bertz CT molecular complexity index is 676. The number of hydrogen-bond acceptors (Lipinski definition) is 5. The van der Waals surface area contributed by atoms with Gasteiger partial charge in [0.05, 0.1) is 5.69 Å². The van der Waals surface area contributed by atoms with Gasteiger partial charge in [0.1, 0.15) is 0 Å². The highest BCUT2D eigenvalue weighted by atomic mass is 16.2. The van der Waals surface area contributed by atoms with E-state index in [1.807, 2.05) is 20.8 Å². The van der Waals surface area contributed by atoms with Crippen LogP contribution in [0.15, 0.2) is 4.99 Å². The standard InChI is InChI=1S/C13H18N6O2/c1-6-7(2)16-19(8(6)3)12-14-10-9(17(12)4)11(20)15-13(21)18(10)5/h9-10H,1-5H3,(H,15,20,21). The zero-order valence-corrected chi connectivity index (χ0v) is 12.7. The van der Waals surface area contributed by atoms with Crippen LogP contribution in [0.2, 0.25) is 0 Å². The summed E-state index contributed by atoms with van der Waals surface area (Å²) in [6, 6.07) is -0.948. The number of urea groups is 1. The molecule has 0 saturated carbocycles. The van der Waals surface area contributed by atoms with E-state index in [2.05, 4.69) is 15.4 Å². The molecule has 0 spiro atoms. The Morgan fingerprint density at radius 1 is 1.10 bits per heavy atom. The lowest BCUT2D eigenvalue weighted by Gasteiger charge is -2.34. The highest BCUT2D eigenvalue weighted by molar-refractivity contribution is 6.03. The molecular formula is C13H18N6O2. The van der Waals surface area contributed by atoms with Crippen LogP contribution in [0.1, 0.15) is 17.0 Å². The van der Waals surface area contributed by atoms with Crippen LogP contribution in [-0.4, -0.2) is 63.8 Å². The lowest BCUT2D eigenvalue weighted by Crippen LogP contribution is -2.63. The van der Waals surface area contributed by atoms with Gasteiger partial charge in [-0.2, -0.15) is 5.10 Å². The summed E-state index contributed by atoms with van der Waals surface area (Å²) in [7, 11) is 3.42. The highest BCUT2D eigenvalue weighted by Gasteiger charge is 2.48. The number of imide groups is 1. The Labute approximate surface area is 122 Å². The largest absolute Gasteiger partial charge is 0.328 e. The van der Waals surface area contributed by atoms with Crippen LogP contribution in [0, 0.1) is 20.8 Å². The summed E-state index contributed by atoms with van der Waals surface area (Å²) in [5, 5.41) is 6.82. The van der Waals surface area contributed by atoms with Gasteiger partial charge in [-0.3, -0.25) is 10.1 Å². The van der Waals surface area contributed by atoms with Crippen LogP contribution in [-0.2, 0) is 4.79 Å². The van der Waals surface area contributed by atoms with E-state index in [-0.39, 0.29) is 5.91 Å². The van der Waals surface area contributed by atoms with E-state index in [0.29, 0.717) is 5.96 Å². The number of fused-ring (bicyclic) bond motifs is 1. The van der Waals surface area contributed by atoms with Gasteiger partial charge in [-0.05, 0) is 26.3 Å². The summed E-state index contributed by atoms with van der Waals surface area (Å²) < 4.78 is 1.73. The maximum absolute atomic E-state index is 12.1. The number of carbonyl (C=O) groups is 2. The number of aromatic nitrogens is 2. The van der Waals surface area contributed by atoms with Gasteiger partial charge in [-0.25, -0.2) is 14.5 Å². The molecule has 8 nitrogen and oxygen atoms in total. The Hall–Kier alpha value is -2.38. The zero-order valence-electron chi connectivity index (χ0n) is 12.7. The van der Waals surface area contributed by atoms with E-state index in [0.717, 1.165) is 17.0 Å². The second-order valence-electron chi connectivity index (χ2n) is 5.51. The summed E-state index contributed by atoms with van der Waals surface area (Å²) in [6.45, 7) is 5.89. The fourth-order valence-electron chi connectivity index (χ4n) is 2.72. The third-order valence-corrected chi connectivity index (χ3v) is 4.32. The van der Waals surface area contributed by atoms with Crippen molar-refractivity contribution >= 4 is 17.9 Å². The molecule has 2 aliphatic heterocycles. The van der Waals surface area contributed by atoms with Crippen LogP contribution in [0.5, 0.6) is 0 Å². The van der Waals surface area contributed by atoms with Gasteiger partial charge < -0.3 is 9.80 Å². The molecule has 1 fully saturated rings. The van der Waals surface area contributed by atoms with Crippen molar-refractivity contribution in [3.05, 3.63) is 17.0 Å². The van der Waals surface area contributed by atoms with Crippen molar-refractivity contribution in [3.63, 3.8) is 0 Å². The third kappa shape index (κ3) is 1.75. The number of likely N-dealkylation sites (N-methyl/N-ethyl adjacent to an activating group) is 2. The van der Waals surface area contributed by atoms with Crippen LogP contribution >= 0.6 is 0 Å². The van der Waals surface area contributed by atoms with E-state index in [9.17, 15) is 9.59 Å². The van der Waals surface area contributed by atoms with Crippen molar-refractivity contribution in [1.82, 2.24) is 24.9 Å². The molecule has 1 N–H and O–H groups in total. The smallest absolute Gasteiger partial charge is 0.325 e. The molecule has 8 heteroatoms. The van der Waals surface area contributed by atoms with E-state index in [1.54, 1.807) is 23.7 Å². The van der Waals surface area contributed by atoms with Crippen molar-refractivity contribution in [1.29, 1.82) is 0 Å². The monoisotopic (exact) mass is 290 g/mol. The molecule has 1 aromatic rings. The van der Waals surface area contributed by atoms with Crippen molar-refractivity contribution in [3.8, 4) is 0 Å². The first-order valence-corrected chi connectivity index (χ1v) is 6.74. The molecule has 3 rings (SSSR count). The van der Waals surface area contributed by atoms with Gasteiger partial charge in [0, 0.05) is 19.8 Å².